The van der Waals surface area contributed by atoms with Gasteiger partial charge in [-0.2, -0.15) is 0 Å². The molecule has 1 aliphatic rings. The normalized spacial score (nSPS) is 19.4. The zero-order valence-electron chi connectivity index (χ0n) is 12.7. The highest BCUT2D eigenvalue weighted by molar-refractivity contribution is 5.54. The average molecular weight is 302 g/mol. The van der Waals surface area contributed by atoms with Crippen molar-refractivity contribution >= 4 is 0 Å². The Kier molecular flexibility index (Phi) is 3.48. The molecule has 3 rings (SSSR count). The fourth-order valence-electron chi connectivity index (χ4n) is 2.83. The molecule has 2 aromatic rings. The van der Waals surface area contributed by atoms with Crippen LogP contribution in [0.5, 0.6) is 28.7 Å². The number of hydrogen-bond acceptors (Lipinski definition) is 5. The Hall–Kier alpha value is -2.56. The van der Waals surface area contributed by atoms with Crippen molar-refractivity contribution in [2.45, 2.75) is 18.9 Å². The molecule has 0 aliphatic carbocycles. The predicted molar refractivity (Wildman–Crippen MR) is 81.1 cm³/mol. The van der Waals surface area contributed by atoms with E-state index in [1.807, 2.05) is 13.0 Å². The van der Waals surface area contributed by atoms with E-state index in [1.165, 1.54) is 14.2 Å². The summed E-state index contributed by atoms with van der Waals surface area (Å²) in [6.45, 7) is 2.02. The van der Waals surface area contributed by atoms with Gasteiger partial charge in [-0.1, -0.05) is 13.0 Å². The maximum absolute atomic E-state index is 9.94. The van der Waals surface area contributed by atoms with Crippen LogP contribution in [0.2, 0.25) is 0 Å². The number of phenols is 2. The quantitative estimate of drug-likeness (QED) is 0.910. The highest BCUT2D eigenvalue weighted by Gasteiger charge is 2.34. The molecule has 0 amide bonds. The Morgan fingerprint density at radius 2 is 1.64 bits per heavy atom. The number of hydrogen-bond donors (Lipinski definition) is 2. The molecular weight excluding hydrogens is 284 g/mol. The Labute approximate surface area is 128 Å². The van der Waals surface area contributed by atoms with Gasteiger partial charge in [-0.3, -0.25) is 0 Å². The number of aromatic hydroxyl groups is 2. The Bertz CT molecular complexity index is 710. The first-order chi connectivity index (χ1) is 10.5. The summed E-state index contributed by atoms with van der Waals surface area (Å²) in [6.07, 6.45) is -0.238. The molecule has 0 saturated heterocycles. The van der Waals surface area contributed by atoms with Crippen molar-refractivity contribution in [1.82, 2.24) is 0 Å². The van der Waals surface area contributed by atoms with Gasteiger partial charge in [0.15, 0.2) is 23.0 Å². The minimum Gasteiger partial charge on any atom is -0.504 e. The van der Waals surface area contributed by atoms with Gasteiger partial charge in [-0.05, 0) is 23.8 Å². The van der Waals surface area contributed by atoms with Crippen molar-refractivity contribution in [3.05, 3.63) is 41.5 Å². The van der Waals surface area contributed by atoms with Gasteiger partial charge in [0.2, 0.25) is 0 Å². The summed E-state index contributed by atoms with van der Waals surface area (Å²) >= 11 is 0. The Morgan fingerprint density at radius 1 is 0.955 bits per heavy atom. The zero-order chi connectivity index (χ0) is 15.9. The molecule has 116 valence electrons. The molecule has 5 heteroatoms. The molecule has 0 radical (unpaired) electrons. The fourth-order valence-corrected chi connectivity index (χ4v) is 2.83. The Morgan fingerprint density at radius 3 is 2.27 bits per heavy atom. The number of methoxy groups -OCH3 is 2. The summed E-state index contributed by atoms with van der Waals surface area (Å²) in [4.78, 5) is 0. The van der Waals surface area contributed by atoms with Crippen LogP contribution in [-0.2, 0) is 0 Å². The predicted octanol–water partition coefficient (Wildman–Crippen LogP) is 3.35. The van der Waals surface area contributed by atoms with Crippen LogP contribution in [0.15, 0.2) is 30.3 Å². The lowest BCUT2D eigenvalue weighted by Crippen LogP contribution is -2.07. The molecule has 2 atom stereocenters. The smallest absolute Gasteiger partial charge is 0.164 e. The SMILES string of the molecule is COc1ccc([C@H]2Oc3cc(OC)c(O)cc3[C@@H]2C)cc1O. The molecule has 1 heterocycles. The van der Waals surface area contributed by atoms with E-state index < -0.39 is 0 Å². The van der Waals surface area contributed by atoms with Crippen LogP contribution in [0.4, 0.5) is 0 Å². The van der Waals surface area contributed by atoms with Gasteiger partial charge in [0.05, 0.1) is 14.2 Å². The topological polar surface area (TPSA) is 68.2 Å². The second-order valence-electron chi connectivity index (χ2n) is 5.32. The highest BCUT2D eigenvalue weighted by atomic mass is 16.5. The van der Waals surface area contributed by atoms with Crippen molar-refractivity contribution in [2.24, 2.45) is 0 Å². The first-order valence-electron chi connectivity index (χ1n) is 6.99. The van der Waals surface area contributed by atoms with E-state index in [4.69, 9.17) is 14.2 Å². The van der Waals surface area contributed by atoms with Gasteiger partial charge in [0.1, 0.15) is 11.9 Å². The van der Waals surface area contributed by atoms with Gasteiger partial charge in [0.25, 0.3) is 0 Å². The van der Waals surface area contributed by atoms with E-state index >= 15 is 0 Å². The third-order valence-electron chi connectivity index (χ3n) is 4.04. The average Bonchev–Trinajstić information content (AvgIpc) is 2.83. The number of benzene rings is 2. The molecule has 0 bridgehead atoms. The van der Waals surface area contributed by atoms with Gasteiger partial charge in [-0.25, -0.2) is 0 Å². The summed E-state index contributed by atoms with van der Waals surface area (Å²) in [5.41, 5.74) is 1.76. The summed E-state index contributed by atoms with van der Waals surface area (Å²) in [5, 5.41) is 19.9. The van der Waals surface area contributed by atoms with Crippen molar-refractivity contribution in [1.29, 1.82) is 0 Å². The first-order valence-corrected chi connectivity index (χ1v) is 6.99. The molecule has 0 fully saturated rings. The second-order valence-corrected chi connectivity index (χ2v) is 5.32. The third kappa shape index (κ3) is 2.19. The fraction of sp³-hybridized carbons (Fsp3) is 0.294. The van der Waals surface area contributed by atoms with Crippen LogP contribution in [-0.4, -0.2) is 24.4 Å². The van der Waals surface area contributed by atoms with Crippen LogP contribution in [0, 0.1) is 0 Å². The molecule has 0 saturated carbocycles. The lowest BCUT2D eigenvalue weighted by molar-refractivity contribution is 0.214. The summed E-state index contributed by atoms with van der Waals surface area (Å²) in [5.74, 6) is 1.69. The number of ether oxygens (including phenoxy) is 3. The number of rotatable bonds is 3. The van der Waals surface area contributed by atoms with E-state index in [1.54, 1.807) is 24.3 Å². The van der Waals surface area contributed by atoms with Crippen molar-refractivity contribution in [2.75, 3.05) is 14.2 Å². The van der Waals surface area contributed by atoms with Crippen molar-refractivity contribution < 1.29 is 24.4 Å². The standard InChI is InChI=1S/C17H18O5/c1-9-11-7-13(19)16(21-3)8-15(11)22-17(9)10-4-5-14(20-2)12(18)6-10/h4-9,17-19H,1-3H3/t9-,17-/m0/s1. The van der Waals surface area contributed by atoms with Crippen LogP contribution in [0.3, 0.4) is 0 Å². The first kappa shape index (κ1) is 14.4. The van der Waals surface area contributed by atoms with Gasteiger partial charge < -0.3 is 24.4 Å². The van der Waals surface area contributed by atoms with Crippen LogP contribution < -0.4 is 14.2 Å². The number of fused-ring (bicyclic) bond motifs is 1. The van der Waals surface area contributed by atoms with E-state index in [2.05, 4.69) is 0 Å². The van der Waals surface area contributed by atoms with Crippen LogP contribution in [0.1, 0.15) is 30.1 Å². The molecule has 5 nitrogen and oxygen atoms in total. The van der Waals surface area contributed by atoms with Gasteiger partial charge >= 0.3 is 0 Å². The molecule has 22 heavy (non-hydrogen) atoms. The van der Waals surface area contributed by atoms with E-state index in [-0.39, 0.29) is 23.5 Å². The molecule has 0 spiro atoms. The third-order valence-corrected chi connectivity index (χ3v) is 4.04. The van der Waals surface area contributed by atoms with E-state index in [0.717, 1.165) is 11.1 Å². The molecule has 1 aliphatic heterocycles. The van der Waals surface area contributed by atoms with Gasteiger partial charge in [0, 0.05) is 17.5 Å². The van der Waals surface area contributed by atoms with Gasteiger partial charge in [-0.15, -0.1) is 0 Å². The molecule has 0 aromatic heterocycles. The summed E-state index contributed by atoms with van der Waals surface area (Å²) in [7, 11) is 3.01. The minimum absolute atomic E-state index is 0.0413. The zero-order valence-corrected chi connectivity index (χ0v) is 12.7. The largest absolute Gasteiger partial charge is 0.504 e. The molecule has 2 aromatic carbocycles. The Balaban J connectivity index is 1.96. The molecular formula is C17H18O5. The second kappa shape index (κ2) is 5.33. The highest BCUT2D eigenvalue weighted by Crippen LogP contribution is 2.50. The van der Waals surface area contributed by atoms with Crippen LogP contribution in [0.25, 0.3) is 0 Å². The van der Waals surface area contributed by atoms with E-state index in [0.29, 0.717) is 17.2 Å². The van der Waals surface area contributed by atoms with Crippen molar-refractivity contribution in [3.63, 3.8) is 0 Å². The lowest BCUT2D eigenvalue weighted by Gasteiger charge is -2.16. The van der Waals surface area contributed by atoms with Crippen LogP contribution >= 0.6 is 0 Å². The van der Waals surface area contributed by atoms with E-state index in [9.17, 15) is 10.2 Å². The minimum atomic E-state index is -0.238. The lowest BCUT2D eigenvalue weighted by atomic mass is 9.92. The maximum atomic E-state index is 9.94. The molecule has 0 unspecified atom stereocenters. The monoisotopic (exact) mass is 302 g/mol. The maximum Gasteiger partial charge on any atom is 0.164 e. The number of phenolic OH excluding ortho intramolecular Hbond substituents is 2. The summed E-state index contributed by atoms with van der Waals surface area (Å²) in [6, 6.07) is 8.57. The molecule has 2 N–H and O–H groups in total. The van der Waals surface area contributed by atoms with Crippen molar-refractivity contribution in [3.8, 4) is 28.7 Å². The summed E-state index contributed by atoms with van der Waals surface area (Å²) < 4.78 is 16.2.